The van der Waals surface area contributed by atoms with Crippen LogP contribution in [-0.2, 0) is 16.1 Å². The number of rotatable bonds is 9. The van der Waals surface area contributed by atoms with E-state index >= 15 is 0 Å². The zero-order valence-corrected chi connectivity index (χ0v) is 16.9. The molecule has 1 fully saturated rings. The zero-order chi connectivity index (χ0) is 19.8. The summed E-state index contributed by atoms with van der Waals surface area (Å²) in [5.41, 5.74) is 1.97. The van der Waals surface area contributed by atoms with Crippen LogP contribution in [0.1, 0.15) is 37.3 Å². The molecule has 2 amide bonds. The Balaban J connectivity index is 1.89. The van der Waals surface area contributed by atoms with E-state index in [1.807, 2.05) is 30.0 Å². The molecule has 0 aromatic heterocycles. The van der Waals surface area contributed by atoms with E-state index in [1.54, 1.807) is 11.9 Å². The molecule has 0 unspecified atom stereocenters. The summed E-state index contributed by atoms with van der Waals surface area (Å²) in [5, 5.41) is 9.87. The minimum Gasteiger partial charge on any atom is -0.508 e. The lowest BCUT2D eigenvalue weighted by Crippen LogP contribution is -2.51. The molecular formula is C21H33N3O3. The number of aryl methyl sites for hydroxylation is 1. The molecule has 0 radical (unpaired) electrons. The van der Waals surface area contributed by atoms with Crippen LogP contribution < -0.4 is 0 Å². The monoisotopic (exact) mass is 375 g/mol. The minimum atomic E-state index is -0.110. The van der Waals surface area contributed by atoms with Crippen LogP contribution in [0, 0.1) is 12.8 Å². The van der Waals surface area contributed by atoms with E-state index < -0.39 is 0 Å². The first-order valence-corrected chi connectivity index (χ1v) is 9.89. The number of phenols is 1. The molecule has 6 heteroatoms. The van der Waals surface area contributed by atoms with Crippen LogP contribution in [0.3, 0.4) is 0 Å². The predicted octanol–water partition coefficient (Wildman–Crippen LogP) is 2.24. The number of carbonyl (C=O) groups excluding carboxylic acids is 2. The van der Waals surface area contributed by atoms with Crippen molar-refractivity contribution in [1.29, 1.82) is 0 Å². The van der Waals surface area contributed by atoms with Crippen molar-refractivity contribution in [2.24, 2.45) is 5.92 Å². The van der Waals surface area contributed by atoms with Gasteiger partial charge in [0.1, 0.15) is 5.75 Å². The molecule has 1 N–H and O–H groups in total. The molecule has 6 nitrogen and oxygen atoms in total. The first-order chi connectivity index (χ1) is 12.9. The Kier molecular flexibility index (Phi) is 8.10. The molecule has 150 valence electrons. The van der Waals surface area contributed by atoms with E-state index in [-0.39, 0.29) is 11.8 Å². The summed E-state index contributed by atoms with van der Waals surface area (Å²) in [6.45, 7) is 8.35. The van der Waals surface area contributed by atoms with Gasteiger partial charge in [-0.25, -0.2) is 0 Å². The zero-order valence-electron chi connectivity index (χ0n) is 16.9. The number of hydrogen-bond acceptors (Lipinski definition) is 4. The average Bonchev–Trinajstić information content (AvgIpc) is 2.67. The van der Waals surface area contributed by atoms with Gasteiger partial charge in [-0.3, -0.25) is 14.5 Å². The van der Waals surface area contributed by atoms with Gasteiger partial charge in [0, 0.05) is 46.3 Å². The molecule has 1 aromatic rings. The molecule has 0 aliphatic carbocycles. The van der Waals surface area contributed by atoms with Gasteiger partial charge in [-0.2, -0.15) is 0 Å². The van der Waals surface area contributed by atoms with Gasteiger partial charge in [0.15, 0.2) is 0 Å². The first kappa shape index (κ1) is 21.2. The summed E-state index contributed by atoms with van der Waals surface area (Å²) in [6.07, 6.45) is 3.67. The highest BCUT2D eigenvalue weighted by molar-refractivity contribution is 5.79. The molecule has 0 saturated carbocycles. The standard InChI is InChI=1S/C21H33N3O3/c1-4-5-6-19(15-22(3)16-25)21(27)24-11-9-23(10-12-24)14-18-8-7-17(2)20(26)13-18/h7-8,13,16,19,26H,4-6,9-12,14-15H2,1-3H3/t19-/m1/s1. The number of amides is 2. The van der Waals surface area contributed by atoms with Gasteiger partial charge in [-0.1, -0.05) is 31.9 Å². The van der Waals surface area contributed by atoms with Crippen LogP contribution in [0.2, 0.25) is 0 Å². The lowest BCUT2D eigenvalue weighted by molar-refractivity contribution is -0.138. The Morgan fingerprint density at radius 3 is 2.59 bits per heavy atom. The Morgan fingerprint density at radius 2 is 2.00 bits per heavy atom. The highest BCUT2D eigenvalue weighted by atomic mass is 16.3. The van der Waals surface area contributed by atoms with Gasteiger partial charge in [0.05, 0.1) is 5.92 Å². The van der Waals surface area contributed by atoms with Gasteiger partial charge in [0.25, 0.3) is 0 Å². The van der Waals surface area contributed by atoms with Crippen LogP contribution in [0.25, 0.3) is 0 Å². The molecule has 1 atom stereocenters. The highest BCUT2D eigenvalue weighted by Crippen LogP contribution is 2.20. The molecule has 1 aliphatic rings. The van der Waals surface area contributed by atoms with Crippen molar-refractivity contribution in [3.05, 3.63) is 29.3 Å². The maximum Gasteiger partial charge on any atom is 0.227 e. The number of hydrogen-bond donors (Lipinski definition) is 1. The third-order valence-corrected chi connectivity index (χ3v) is 5.31. The summed E-state index contributed by atoms with van der Waals surface area (Å²) < 4.78 is 0. The van der Waals surface area contributed by atoms with Crippen LogP contribution >= 0.6 is 0 Å². The van der Waals surface area contributed by atoms with Gasteiger partial charge in [0.2, 0.25) is 12.3 Å². The summed E-state index contributed by atoms with van der Waals surface area (Å²) in [4.78, 5) is 29.7. The molecular weight excluding hydrogens is 342 g/mol. The summed E-state index contributed by atoms with van der Waals surface area (Å²) >= 11 is 0. The summed E-state index contributed by atoms with van der Waals surface area (Å²) in [5.74, 6) is 0.393. The fourth-order valence-corrected chi connectivity index (χ4v) is 3.53. The Bertz CT molecular complexity index is 627. The van der Waals surface area contributed by atoms with Crippen molar-refractivity contribution in [3.8, 4) is 5.75 Å². The number of piperazine rings is 1. The van der Waals surface area contributed by atoms with E-state index in [0.717, 1.165) is 56.4 Å². The lowest BCUT2D eigenvalue weighted by atomic mass is 9.99. The van der Waals surface area contributed by atoms with Crippen molar-refractivity contribution in [2.45, 2.75) is 39.7 Å². The number of aromatic hydroxyl groups is 1. The molecule has 1 heterocycles. The van der Waals surface area contributed by atoms with Crippen LogP contribution in [0.15, 0.2) is 18.2 Å². The maximum absolute atomic E-state index is 12.9. The fourth-order valence-electron chi connectivity index (χ4n) is 3.53. The van der Waals surface area contributed by atoms with Crippen molar-refractivity contribution in [1.82, 2.24) is 14.7 Å². The highest BCUT2D eigenvalue weighted by Gasteiger charge is 2.28. The molecule has 2 rings (SSSR count). The Morgan fingerprint density at radius 1 is 1.30 bits per heavy atom. The van der Waals surface area contributed by atoms with E-state index in [1.165, 1.54) is 0 Å². The van der Waals surface area contributed by atoms with E-state index in [2.05, 4.69) is 11.8 Å². The SMILES string of the molecule is CCCC[C@H](CN(C)C=O)C(=O)N1CCN(Cc2ccc(C)c(O)c2)CC1. The third kappa shape index (κ3) is 6.24. The summed E-state index contributed by atoms with van der Waals surface area (Å²) in [6, 6.07) is 5.80. The molecule has 0 bridgehead atoms. The van der Waals surface area contributed by atoms with Crippen molar-refractivity contribution in [3.63, 3.8) is 0 Å². The van der Waals surface area contributed by atoms with Crippen molar-refractivity contribution >= 4 is 12.3 Å². The number of carbonyl (C=O) groups is 2. The van der Waals surface area contributed by atoms with E-state index in [4.69, 9.17) is 0 Å². The quantitative estimate of drug-likeness (QED) is 0.673. The molecule has 1 aliphatic heterocycles. The Hall–Kier alpha value is -2.08. The molecule has 27 heavy (non-hydrogen) atoms. The van der Waals surface area contributed by atoms with Crippen molar-refractivity contribution < 1.29 is 14.7 Å². The second-order valence-electron chi connectivity index (χ2n) is 7.61. The van der Waals surface area contributed by atoms with Crippen molar-refractivity contribution in [2.75, 3.05) is 39.8 Å². The number of phenolic OH excluding ortho intramolecular Hbond substituents is 1. The molecule has 1 aromatic carbocycles. The molecule has 1 saturated heterocycles. The predicted molar refractivity (Wildman–Crippen MR) is 106 cm³/mol. The number of benzene rings is 1. The third-order valence-electron chi connectivity index (χ3n) is 5.31. The topological polar surface area (TPSA) is 64.1 Å². The fraction of sp³-hybridized carbons (Fsp3) is 0.619. The normalized spacial score (nSPS) is 16.2. The second-order valence-corrected chi connectivity index (χ2v) is 7.61. The van der Waals surface area contributed by atoms with Crippen LogP contribution in [-0.4, -0.2) is 71.9 Å². The number of nitrogens with zero attached hydrogens (tertiary/aromatic N) is 3. The van der Waals surface area contributed by atoms with Crippen LogP contribution in [0.5, 0.6) is 5.75 Å². The average molecular weight is 376 g/mol. The minimum absolute atomic E-state index is 0.110. The van der Waals surface area contributed by atoms with E-state index in [0.29, 0.717) is 25.4 Å². The Labute approximate surface area is 162 Å². The van der Waals surface area contributed by atoms with Gasteiger partial charge >= 0.3 is 0 Å². The first-order valence-electron chi connectivity index (χ1n) is 9.89. The lowest BCUT2D eigenvalue weighted by Gasteiger charge is -2.37. The smallest absolute Gasteiger partial charge is 0.227 e. The van der Waals surface area contributed by atoms with Gasteiger partial charge < -0.3 is 14.9 Å². The van der Waals surface area contributed by atoms with Gasteiger partial charge in [-0.05, 0) is 30.5 Å². The largest absolute Gasteiger partial charge is 0.508 e. The summed E-state index contributed by atoms with van der Waals surface area (Å²) in [7, 11) is 1.73. The van der Waals surface area contributed by atoms with Crippen LogP contribution in [0.4, 0.5) is 0 Å². The van der Waals surface area contributed by atoms with E-state index in [9.17, 15) is 14.7 Å². The molecule has 0 spiro atoms. The second kappa shape index (κ2) is 10.3. The van der Waals surface area contributed by atoms with Gasteiger partial charge in [-0.15, -0.1) is 0 Å². The number of unbranched alkanes of at least 4 members (excludes halogenated alkanes) is 1. The maximum atomic E-state index is 12.9.